The Hall–Kier alpha value is -0.300. The molecule has 0 bridgehead atoms. The monoisotopic (exact) mass is 237 g/mol. The second-order valence-corrected chi connectivity index (χ2v) is 6.44. The number of nitrogens with zero attached hydrogens (tertiary/aromatic N) is 1. The van der Waals surface area contributed by atoms with E-state index in [9.17, 15) is 0 Å². The lowest BCUT2D eigenvalue weighted by Gasteiger charge is -2.36. The Morgan fingerprint density at radius 3 is 2.12 bits per heavy atom. The molecule has 0 aromatic heterocycles. The molecule has 0 heterocycles. The van der Waals surface area contributed by atoms with E-state index in [0.717, 1.165) is 6.04 Å². The second kappa shape index (κ2) is 6.58. The first-order valence-corrected chi connectivity index (χ1v) is 7.42. The van der Waals surface area contributed by atoms with Crippen LogP contribution in [0.3, 0.4) is 0 Å². The van der Waals surface area contributed by atoms with E-state index in [4.69, 9.17) is 0 Å². The molecule has 1 aliphatic carbocycles. The molecule has 0 spiro atoms. The fourth-order valence-electron chi connectivity index (χ4n) is 2.88. The Labute approximate surface area is 108 Å². The standard InChI is InChI=1S/C16H31N/c1-6-12-17(13-7-2)15-10-8-14(9-11-15)16(3,4)5/h8,15H,6-7,9-13H2,1-5H3/t15-/m0/s1. The highest BCUT2D eigenvalue weighted by molar-refractivity contribution is 5.14. The van der Waals surface area contributed by atoms with Gasteiger partial charge in [-0.05, 0) is 50.6 Å². The normalized spacial score (nSPS) is 21.8. The zero-order chi connectivity index (χ0) is 12.9. The molecule has 17 heavy (non-hydrogen) atoms. The van der Waals surface area contributed by atoms with E-state index in [1.165, 1.54) is 45.2 Å². The zero-order valence-corrected chi connectivity index (χ0v) is 12.6. The first kappa shape index (κ1) is 14.8. The average Bonchev–Trinajstić information content (AvgIpc) is 2.28. The minimum atomic E-state index is 0.380. The van der Waals surface area contributed by atoms with Crippen LogP contribution in [0.4, 0.5) is 0 Å². The first-order valence-electron chi connectivity index (χ1n) is 7.42. The molecule has 1 rings (SSSR count). The maximum absolute atomic E-state index is 2.70. The minimum absolute atomic E-state index is 0.380. The van der Waals surface area contributed by atoms with E-state index in [0.29, 0.717) is 5.41 Å². The third-order valence-electron chi connectivity index (χ3n) is 3.88. The van der Waals surface area contributed by atoms with Crippen LogP contribution in [0, 0.1) is 5.41 Å². The van der Waals surface area contributed by atoms with Crippen molar-refractivity contribution in [1.82, 2.24) is 4.90 Å². The molecule has 0 aromatic rings. The quantitative estimate of drug-likeness (QED) is 0.630. The van der Waals surface area contributed by atoms with Crippen molar-refractivity contribution in [2.24, 2.45) is 5.41 Å². The molecule has 1 heteroatoms. The van der Waals surface area contributed by atoms with Crippen molar-refractivity contribution in [3.05, 3.63) is 11.6 Å². The summed E-state index contributed by atoms with van der Waals surface area (Å²) in [6.45, 7) is 14.2. The lowest BCUT2D eigenvalue weighted by Crippen LogP contribution is -2.38. The van der Waals surface area contributed by atoms with Gasteiger partial charge in [0.15, 0.2) is 0 Å². The van der Waals surface area contributed by atoms with Crippen molar-refractivity contribution in [3.63, 3.8) is 0 Å². The molecular formula is C16H31N. The Kier molecular flexibility index (Phi) is 5.72. The van der Waals surface area contributed by atoms with Crippen LogP contribution in [-0.2, 0) is 0 Å². The van der Waals surface area contributed by atoms with Crippen LogP contribution in [0.25, 0.3) is 0 Å². The van der Waals surface area contributed by atoms with Gasteiger partial charge in [0.05, 0.1) is 0 Å². The Bertz CT molecular complexity index is 241. The van der Waals surface area contributed by atoms with Gasteiger partial charge in [-0.3, -0.25) is 0 Å². The van der Waals surface area contributed by atoms with Crippen LogP contribution >= 0.6 is 0 Å². The highest BCUT2D eigenvalue weighted by Crippen LogP contribution is 2.34. The highest BCUT2D eigenvalue weighted by Gasteiger charge is 2.25. The third-order valence-corrected chi connectivity index (χ3v) is 3.88. The van der Waals surface area contributed by atoms with E-state index in [1.807, 2.05) is 0 Å². The molecule has 1 aliphatic rings. The SMILES string of the molecule is CCCN(CCC)[C@H]1CC=C(C(C)(C)C)CC1. The van der Waals surface area contributed by atoms with Crippen molar-refractivity contribution < 1.29 is 0 Å². The van der Waals surface area contributed by atoms with Crippen molar-refractivity contribution in [2.45, 2.75) is 72.8 Å². The summed E-state index contributed by atoms with van der Waals surface area (Å²) in [5.74, 6) is 0. The summed E-state index contributed by atoms with van der Waals surface area (Å²) >= 11 is 0. The van der Waals surface area contributed by atoms with Crippen LogP contribution < -0.4 is 0 Å². The molecule has 0 aromatic carbocycles. The maximum atomic E-state index is 2.70. The summed E-state index contributed by atoms with van der Waals surface area (Å²) in [7, 11) is 0. The minimum Gasteiger partial charge on any atom is -0.300 e. The Morgan fingerprint density at radius 2 is 1.76 bits per heavy atom. The summed E-state index contributed by atoms with van der Waals surface area (Å²) in [5, 5.41) is 0. The van der Waals surface area contributed by atoms with Gasteiger partial charge < -0.3 is 4.90 Å². The average molecular weight is 237 g/mol. The Balaban J connectivity index is 2.57. The fraction of sp³-hybridized carbons (Fsp3) is 0.875. The number of hydrogen-bond acceptors (Lipinski definition) is 1. The third kappa shape index (κ3) is 4.46. The van der Waals surface area contributed by atoms with Crippen LogP contribution in [0.1, 0.15) is 66.7 Å². The Morgan fingerprint density at radius 1 is 1.18 bits per heavy atom. The van der Waals surface area contributed by atoms with Gasteiger partial charge in [-0.1, -0.05) is 46.3 Å². The van der Waals surface area contributed by atoms with Crippen LogP contribution in [0.5, 0.6) is 0 Å². The van der Waals surface area contributed by atoms with E-state index >= 15 is 0 Å². The predicted octanol–water partition coefficient (Wildman–Crippen LogP) is 4.63. The van der Waals surface area contributed by atoms with Crippen molar-refractivity contribution in [1.29, 1.82) is 0 Å². The molecule has 100 valence electrons. The summed E-state index contributed by atoms with van der Waals surface area (Å²) in [4.78, 5) is 2.70. The van der Waals surface area contributed by atoms with Gasteiger partial charge in [-0.2, -0.15) is 0 Å². The summed E-state index contributed by atoms with van der Waals surface area (Å²) < 4.78 is 0. The molecule has 0 aliphatic heterocycles. The molecule has 0 amide bonds. The van der Waals surface area contributed by atoms with Gasteiger partial charge in [-0.25, -0.2) is 0 Å². The topological polar surface area (TPSA) is 3.24 Å². The molecule has 0 fully saturated rings. The number of rotatable bonds is 5. The van der Waals surface area contributed by atoms with Gasteiger partial charge in [-0.15, -0.1) is 0 Å². The van der Waals surface area contributed by atoms with Crippen molar-refractivity contribution in [2.75, 3.05) is 13.1 Å². The molecule has 1 nitrogen and oxygen atoms in total. The summed E-state index contributed by atoms with van der Waals surface area (Å²) in [6, 6.07) is 0.806. The molecule has 0 radical (unpaired) electrons. The first-order chi connectivity index (χ1) is 7.99. The number of allylic oxidation sites excluding steroid dienone is 1. The van der Waals surface area contributed by atoms with Crippen molar-refractivity contribution >= 4 is 0 Å². The van der Waals surface area contributed by atoms with Crippen LogP contribution in [0.2, 0.25) is 0 Å². The van der Waals surface area contributed by atoms with E-state index in [2.05, 4.69) is 45.6 Å². The molecule has 0 unspecified atom stereocenters. The van der Waals surface area contributed by atoms with E-state index in [-0.39, 0.29) is 0 Å². The van der Waals surface area contributed by atoms with Crippen molar-refractivity contribution in [3.8, 4) is 0 Å². The molecule has 0 saturated heterocycles. The van der Waals surface area contributed by atoms with Crippen LogP contribution in [0.15, 0.2) is 11.6 Å². The molecule has 1 atom stereocenters. The smallest absolute Gasteiger partial charge is 0.0133 e. The molecular weight excluding hydrogens is 206 g/mol. The fourth-order valence-corrected chi connectivity index (χ4v) is 2.88. The van der Waals surface area contributed by atoms with Gasteiger partial charge in [0.2, 0.25) is 0 Å². The van der Waals surface area contributed by atoms with Gasteiger partial charge in [0, 0.05) is 6.04 Å². The predicted molar refractivity (Wildman–Crippen MR) is 77.3 cm³/mol. The molecule has 0 N–H and O–H groups in total. The zero-order valence-electron chi connectivity index (χ0n) is 12.6. The largest absolute Gasteiger partial charge is 0.300 e. The number of hydrogen-bond donors (Lipinski definition) is 0. The van der Waals surface area contributed by atoms with E-state index < -0.39 is 0 Å². The van der Waals surface area contributed by atoms with Gasteiger partial charge in [0.1, 0.15) is 0 Å². The van der Waals surface area contributed by atoms with E-state index in [1.54, 1.807) is 5.57 Å². The second-order valence-electron chi connectivity index (χ2n) is 6.44. The lowest BCUT2D eigenvalue weighted by atomic mass is 9.79. The van der Waals surface area contributed by atoms with Crippen LogP contribution in [-0.4, -0.2) is 24.0 Å². The highest BCUT2D eigenvalue weighted by atomic mass is 15.1. The maximum Gasteiger partial charge on any atom is 0.0133 e. The lowest BCUT2D eigenvalue weighted by molar-refractivity contribution is 0.179. The van der Waals surface area contributed by atoms with Gasteiger partial charge >= 0.3 is 0 Å². The van der Waals surface area contributed by atoms with Gasteiger partial charge in [0.25, 0.3) is 0 Å². The molecule has 0 saturated carbocycles. The summed E-state index contributed by atoms with van der Waals surface area (Å²) in [5.41, 5.74) is 2.05. The summed E-state index contributed by atoms with van der Waals surface area (Å²) in [6.07, 6.45) is 9.03.